The van der Waals surface area contributed by atoms with Gasteiger partial charge in [-0.1, -0.05) is 11.6 Å². The van der Waals surface area contributed by atoms with Crippen molar-refractivity contribution in [2.24, 2.45) is 0 Å². The van der Waals surface area contributed by atoms with Crippen molar-refractivity contribution < 1.29 is 13.2 Å². The lowest BCUT2D eigenvalue weighted by Crippen LogP contribution is -2.05. The van der Waals surface area contributed by atoms with Gasteiger partial charge in [-0.05, 0) is 41.4 Å². The van der Waals surface area contributed by atoms with E-state index in [4.69, 9.17) is 34.8 Å². The van der Waals surface area contributed by atoms with Crippen LogP contribution in [-0.4, -0.2) is 15.0 Å². The molecule has 1 aromatic carbocycles. The van der Waals surface area contributed by atoms with E-state index in [1.165, 1.54) is 0 Å². The second-order valence-corrected chi connectivity index (χ2v) is 4.60. The van der Waals surface area contributed by atoms with Gasteiger partial charge in [-0.2, -0.15) is 28.1 Å². The molecule has 0 atom stereocenters. The lowest BCUT2D eigenvalue weighted by atomic mass is 10.2. The quantitative estimate of drug-likeness (QED) is 0.866. The Labute approximate surface area is 125 Å². The van der Waals surface area contributed by atoms with Crippen LogP contribution in [0.4, 0.5) is 24.8 Å². The zero-order valence-corrected chi connectivity index (χ0v) is 11.6. The molecule has 0 aliphatic carbocycles. The summed E-state index contributed by atoms with van der Waals surface area (Å²) < 4.78 is 37.5. The van der Waals surface area contributed by atoms with Crippen LogP contribution in [0.3, 0.4) is 0 Å². The maximum absolute atomic E-state index is 12.5. The van der Waals surface area contributed by atoms with Crippen molar-refractivity contribution >= 4 is 46.4 Å². The molecule has 10 heteroatoms. The van der Waals surface area contributed by atoms with Gasteiger partial charge in [-0.15, -0.1) is 0 Å². The van der Waals surface area contributed by atoms with Gasteiger partial charge in [0.1, 0.15) is 0 Å². The molecule has 1 N–H and O–H groups in total. The summed E-state index contributed by atoms with van der Waals surface area (Å²) in [4.78, 5) is 10.9. The van der Waals surface area contributed by atoms with E-state index in [9.17, 15) is 13.2 Å². The van der Waals surface area contributed by atoms with Crippen molar-refractivity contribution in [3.63, 3.8) is 0 Å². The van der Waals surface area contributed by atoms with Crippen molar-refractivity contribution in [2.45, 2.75) is 6.18 Å². The molecule has 4 nitrogen and oxygen atoms in total. The number of rotatable bonds is 2. The largest absolute Gasteiger partial charge is 0.416 e. The Morgan fingerprint density at radius 1 is 0.950 bits per heavy atom. The molecule has 0 saturated carbocycles. The molecule has 1 heterocycles. The molecule has 20 heavy (non-hydrogen) atoms. The summed E-state index contributed by atoms with van der Waals surface area (Å²) in [5.41, 5.74) is -0.683. The molecular weight excluding hydrogens is 339 g/mol. The SMILES string of the molecule is FC(F)(F)c1ccc(Nc2nc(Cl)nc(Cl)n2)c(Cl)c1. The van der Waals surface area contributed by atoms with Crippen LogP contribution in [0.1, 0.15) is 5.56 Å². The molecule has 1 aromatic heterocycles. The van der Waals surface area contributed by atoms with Crippen LogP contribution in [0.2, 0.25) is 15.6 Å². The molecule has 0 bridgehead atoms. The van der Waals surface area contributed by atoms with Crippen molar-refractivity contribution in [3.8, 4) is 0 Å². The Morgan fingerprint density at radius 3 is 2.05 bits per heavy atom. The zero-order chi connectivity index (χ0) is 14.9. The number of alkyl halides is 3. The third-order valence-corrected chi connectivity index (χ3v) is 2.77. The van der Waals surface area contributed by atoms with E-state index in [-0.39, 0.29) is 27.2 Å². The number of nitrogens with zero attached hydrogens (tertiary/aromatic N) is 3. The second kappa shape index (κ2) is 5.59. The number of halogens is 6. The molecular formula is C10H4Cl3F3N4. The number of hydrogen-bond acceptors (Lipinski definition) is 4. The third kappa shape index (κ3) is 3.62. The normalized spacial score (nSPS) is 11.5. The van der Waals surface area contributed by atoms with Gasteiger partial charge in [0.2, 0.25) is 16.5 Å². The second-order valence-electron chi connectivity index (χ2n) is 3.51. The fourth-order valence-electron chi connectivity index (χ4n) is 1.30. The minimum absolute atomic E-state index is 0.0309. The topological polar surface area (TPSA) is 50.7 Å². The minimum Gasteiger partial charge on any atom is -0.323 e. The number of aromatic nitrogens is 3. The van der Waals surface area contributed by atoms with Crippen molar-refractivity contribution in [1.29, 1.82) is 0 Å². The first-order chi connectivity index (χ1) is 9.25. The molecule has 2 rings (SSSR count). The van der Waals surface area contributed by atoms with E-state index in [0.29, 0.717) is 0 Å². The molecule has 0 unspecified atom stereocenters. The highest BCUT2D eigenvalue weighted by Gasteiger charge is 2.30. The average Bonchev–Trinajstić information content (AvgIpc) is 2.29. The van der Waals surface area contributed by atoms with E-state index in [0.717, 1.165) is 18.2 Å². The van der Waals surface area contributed by atoms with E-state index in [1.807, 2.05) is 0 Å². The summed E-state index contributed by atoms with van der Waals surface area (Å²) in [6, 6.07) is 2.81. The highest BCUT2D eigenvalue weighted by molar-refractivity contribution is 6.33. The Morgan fingerprint density at radius 2 is 1.55 bits per heavy atom. The van der Waals surface area contributed by atoms with Gasteiger partial charge in [0, 0.05) is 0 Å². The van der Waals surface area contributed by atoms with Gasteiger partial charge in [0.15, 0.2) is 0 Å². The van der Waals surface area contributed by atoms with Gasteiger partial charge >= 0.3 is 6.18 Å². The van der Waals surface area contributed by atoms with Gasteiger partial charge in [-0.3, -0.25) is 0 Å². The summed E-state index contributed by atoms with van der Waals surface area (Å²) in [7, 11) is 0. The van der Waals surface area contributed by atoms with Crippen molar-refractivity contribution in [3.05, 3.63) is 39.4 Å². The molecule has 0 fully saturated rings. The van der Waals surface area contributed by atoms with E-state index in [2.05, 4.69) is 20.3 Å². The first-order valence-electron chi connectivity index (χ1n) is 4.96. The summed E-state index contributed by atoms with van der Waals surface area (Å²) in [6.07, 6.45) is -4.47. The number of nitrogens with one attached hydrogen (secondary N) is 1. The van der Waals surface area contributed by atoms with Crippen molar-refractivity contribution in [2.75, 3.05) is 5.32 Å². The van der Waals surface area contributed by atoms with Gasteiger partial charge in [0.25, 0.3) is 0 Å². The Balaban J connectivity index is 2.30. The minimum atomic E-state index is -4.47. The van der Waals surface area contributed by atoms with Gasteiger partial charge < -0.3 is 5.32 Å². The van der Waals surface area contributed by atoms with Crippen LogP contribution in [0.25, 0.3) is 0 Å². The highest BCUT2D eigenvalue weighted by Crippen LogP contribution is 2.34. The molecule has 0 spiro atoms. The van der Waals surface area contributed by atoms with Gasteiger partial charge in [0.05, 0.1) is 16.3 Å². The van der Waals surface area contributed by atoms with Crippen LogP contribution in [-0.2, 0) is 6.18 Å². The van der Waals surface area contributed by atoms with Crippen LogP contribution in [0.15, 0.2) is 18.2 Å². The van der Waals surface area contributed by atoms with E-state index >= 15 is 0 Å². The molecule has 0 aliphatic rings. The maximum Gasteiger partial charge on any atom is 0.416 e. The molecule has 0 aliphatic heterocycles. The first kappa shape index (κ1) is 15.1. The summed E-state index contributed by atoms with van der Waals surface area (Å²) >= 11 is 16.9. The van der Waals surface area contributed by atoms with Gasteiger partial charge in [-0.25, -0.2) is 0 Å². The fraction of sp³-hybridized carbons (Fsp3) is 0.100. The lowest BCUT2D eigenvalue weighted by Gasteiger charge is -2.10. The standard InChI is InChI=1S/C10H4Cl3F3N4/c11-5-3-4(10(14,15)16)1-2-6(5)17-9-19-7(12)18-8(13)20-9/h1-3H,(H,17,18,19,20). The van der Waals surface area contributed by atoms with Crippen LogP contribution in [0, 0.1) is 0 Å². The summed E-state index contributed by atoms with van der Waals surface area (Å²) in [6.45, 7) is 0. The Kier molecular flexibility index (Phi) is 4.22. The lowest BCUT2D eigenvalue weighted by molar-refractivity contribution is -0.137. The molecule has 0 radical (unpaired) electrons. The predicted molar refractivity (Wildman–Crippen MR) is 69.6 cm³/mol. The zero-order valence-electron chi connectivity index (χ0n) is 9.34. The predicted octanol–water partition coefficient (Wildman–Crippen LogP) is 4.59. The molecule has 2 aromatic rings. The number of hydrogen-bond donors (Lipinski definition) is 1. The first-order valence-corrected chi connectivity index (χ1v) is 6.10. The number of anilines is 2. The smallest absolute Gasteiger partial charge is 0.323 e. The van der Waals surface area contributed by atoms with E-state index < -0.39 is 11.7 Å². The Bertz CT molecular complexity index is 628. The Hall–Kier alpha value is -1.31. The average molecular weight is 344 g/mol. The highest BCUT2D eigenvalue weighted by atomic mass is 35.5. The molecule has 0 amide bonds. The monoisotopic (exact) mass is 342 g/mol. The van der Waals surface area contributed by atoms with E-state index in [1.54, 1.807) is 0 Å². The van der Waals surface area contributed by atoms with Crippen LogP contribution in [0.5, 0.6) is 0 Å². The number of benzene rings is 1. The van der Waals surface area contributed by atoms with Crippen LogP contribution < -0.4 is 5.32 Å². The third-order valence-electron chi connectivity index (χ3n) is 2.12. The molecule has 0 saturated heterocycles. The summed E-state index contributed by atoms with van der Waals surface area (Å²) in [5, 5.41) is 2.14. The summed E-state index contributed by atoms with van der Waals surface area (Å²) in [5.74, 6) is -0.0309. The van der Waals surface area contributed by atoms with Crippen LogP contribution >= 0.6 is 34.8 Å². The maximum atomic E-state index is 12.5. The van der Waals surface area contributed by atoms with Crippen molar-refractivity contribution in [1.82, 2.24) is 15.0 Å². The molecule has 106 valence electrons. The fourth-order valence-corrected chi connectivity index (χ4v) is 1.89.